The van der Waals surface area contributed by atoms with Crippen LogP contribution >= 0.6 is 23.1 Å². The molecule has 0 fully saturated rings. The van der Waals surface area contributed by atoms with E-state index in [1.165, 1.54) is 23.1 Å². The summed E-state index contributed by atoms with van der Waals surface area (Å²) in [5.41, 5.74) is 6.03. The van der Waals surface area contributed by atoms with Gasteiger partial charge in [-0.05, 0) is 96.8 Å². The average Bonchev–Trinajstić information content (AvgIpc) is 3.58. The molecule has 1 heterocycles. The first kappa shape index (κ1) is 40.9. The van der Waals surface area contributed by atoms with Crippen LogP contribution in [0.15, 0.2) is 150 Å². The number of aryl methyl sites for hydroxylation is 1. The highest BCUT2D eigenvalue weighted by atomic mass is 32.2. The Bertz CT molecular complexity index is 2430. The number of nitrogens with one attached hydrogen (secondary N) is 3. The van der Waals surface area contributed by atoms with Crippen molar-refractivity contribution in [3.05, 3.63) is 178 Å². The van der Waals surface area contributed by atoms with E-state index in [-0.39, 0.29) is 18.2 Å². The molecule has 3 amide bonds. The molecule has 59 heavy (non-hydrogen) atoms. The minimum absolute atomic E-state index is 0.0633. The van der Waals surface area contributed by atoms with Gasteiger partial charge >= 0.3 is 5.97 Å². The summed E-state index contributed by atoms with van der Waals surface area (Å²) >= 11 is 2.81. The standard InChI is InChI=1S/C49H45N3O5S2/c1-2-57-49(56)43-40-25-14-3-4-15-26-42(40)59-48(43)52-47(55)44(36-19-10-6-11-20-36)58-39-24-16-23-38(32-39)50-46(54)41(51-45(53)37-21-12-7-13-22-37)31-33-27-29-35(30-28-33)34-17-8-5-9-18-34/h5-13,16-24,27-32,44H,2-4,14-15,25-26H2,1H3,(H,50,54)(H,51,53)(H,52,55)/b41-31+. The molecule has 6 aromatic rings. The molecule has 5 aromatic carbocycles. The van der Waals surface area contributed by atoms with Gasteiger partial charge in [0.1, 0.15) is 15.9 Å². The van der Waals surface area contributed by atoms with Crippen molar-refractivity contribution in [1.29, 1.82) is 0 Å². The van der Waals surface area contributed by atoms with Crippen LogP contribution < -0.4 is 16.0 Å². The van der Waals surface area contributed by atoms with Crippen molar-refractivity contribution in [2.24, 2.45) is 0 Å². The molecule has 0 spiro atoms. The quantitative estimate of drug-likeness (QED) is 0.0607. The largest absolute Gasteiger partial charge is 0.462 e. The summed E-state index contributed by atoms with van der Waals surface area (Å²) in [5, 5.41) is 8.75. The fourth-order valence-electron chi connectivity index (χ4n) is 7.00. The first-order chi connectivity index (χ1) is 28.9. The van der Waals surface area contributed by atoms with E-state index < -0.39 is 23.0 Å². The minimum atomic E-state index is -0.693. The van der Waals surface area contributed by atoms with Crippen molar-refractivity contribution < 1.29 is 23.9 Å². The summed E-state index contributed by atoms with van der Waals surface area (Å²) in [4.78, 5) is 56.9. The Morgan fingerprint density at radius 1 is 0.729 bits per heavy atom. The summed E-state index contributed by atoms with van der Waals surface area (Å²) in [5.74, 6) is -1.62. The molecule has 0 bridgehead atoms. The Balaban J connectivity index is 1.14. The normalized spacial score (nSPS) is 13.2. The summed E-state index contributed by atoms with van der Waals surface area (Å²) in [6.07, 6.45) is 7.56. The van der Waals surface area contributed by atoms with Gasteiger partial charge < -0.3 is 20.7 Å². The Labute approximate surface area is 353 Å². The maximum Gasteiger partial charge on any atom is 0.341 e. The SMILES string of the molecule is CCOC(=O)c1c(NC(=O)C(Sc2cccc(NC(=O)/C(=C\c3ccc(-c4ccccc4)cc3)NC(=O)c3ccccc3)c2)c2ccccc2)sc2c1CCCCCC2. The van der Waals surface area contributed by atoms with Gasteiger partial charge in [0.05, 0.1) is 12.2 Å². The smallest absolute Gasteiger partial charge is 0.341 e. The zero-order chi connectivity index (χ0) is 41.0. The van der Waals surface area contributed by atoms with E-state index in [4.69, 9.17) is 4.74 Å². The number of fused-ring (bicyclic) bond motifs is 1. The molecule has 7 rings (SSSR count). The lowest BCUT2D eigenvalue weighted by Crippen LogP contribution is -2.30. The maximum absolute atomic E-state index is 14.4. The average molecular weight is 820 g/mol. The summed E-state index contributed by atoms with van der Waals surface area (Å²) in [6.45, 7) is 2.03. The Morgan fingerprint density at radius 3 is 2.10 bits per heavy atom. The number of hydrogen-bond acceptors (Lipinski definition) is 7. The van der Waals surface area contributed by atoms with E-state index in [1.54, 1.807) is 49.4 Å². The molecular weight excluding hydrogens is 775 g/mol. The summed E-state index contributed by atoms with van der Waals surface area (Å²) in [6, 6.07) is 43.2. The molecule has 1 unspecified atom stereocenters. The highest BCUT2D eigenvalue weighted by molar-refractivity contribution is 8.00. The second kappa shape index (κ2) is 20.0. The Morgan fingerprint density at radius 2 is 1.39 bits per heavy atom. The molecule has 0 saturated heterocycles. The van der Waals surface area contributed by atoms with Crippen LogP contribution in [0.25, 0.3) is 17.2 Å². The number of carbonyl (C=O) groups excluding carboxylic acids is 4. The van der Waals surface area contributed by atoms with Gasteiger partial charge in [0, 0.05) is 21.0 Å². The van der Waals surface area contributed by atoms with Crippen molar-refractivity contribution in [3.8, 4) is 11.1 Å². The lowest BCUT2D eigenvalue weighted by molar-refractivity contribution is -0.116. The van der Waals surface area contributed by atoms with E-state index in [1.807, 2.05) is 103 Å². The molecule has 0 aliphatic heterocycles. The molecule has 0 saturated carbocycles. The van der Waals surface area contributed by atoms with Gasteiger partial charge in [-0.3, -0.25) is 14.4 Å². The highest BCUT2D eigenvalue weighted by Crippen LogP contribution is 2.41. The molecule has 1 atom stereocenters. The molecule has 1 aliphatic carbocycles. The van der Waals surface area contributed by atoms with Crippen LogP contribution in [0, 0.1) is 0 Å². The van der Waals surface area contributed by atoms with Gasteiger partial charge in [-0.1, -0.05) is 122 Å². The van der Waals surface area contributed by atoms with Crippen molar-refractivity contribution in [1.82, 2.24) is 5.32 Å². The number of thiophene rings is 1. The Hall–Kier alpha value is -6.23. The second-order valence-corrected chi connectivity index (χ2v) is 16.4. The second-order valence-electron chi connectivity index (χ2n) is 14.1. The van der Waals surface area contributed by atoms with E-state index in [2.05, 4.69) is 16.0 Å². The van der Waals surface area contributed by atoms with Crippen LogP contribution in [-0.4, -0.2) is 30.3 Å². The van der Waals surface area contributed by atoms with Gasteiger partial charge in [0.25, 0.3) is 11.8 Å². The number of esters is 1. The molecule has 1 aromatic heterocycles. The van der Waals surface area contributed by atoms with Crippen molar-refractivity contribution in [2.45, 2.75) is 55.6 Å². The number of carbonyl (C=O) groups is 4. The molecule has 8 nitrogen and oxygen atoms in total. The lowest BCUT2D eigenvalue weighted by atomic mass is 9.96. The van der Waals surface area contributed by atoms with Crippen LogP contribution in [0.5, 0.6) is 0 Å². The Kier molecular flexibility index (Phi) is 13.9. The van der Waals surface area contributed by atoms with E-state index in [9.17, 15) is 19.2 Å². The number of benzene rings is 5. The van der Waals surface area contributed by atoms with Gasteiger partial charge in [-0.25, -0.2) is 4.79 Å². The predicted octanol–water partition coefficient (Wildman–Crippen LogP) is 11.1. The minimum Gasteiger partial charge on any atom is -0.462 e. The topological polar surface area (TPSA) is 114 Å². The maximum atomic E-state index is 14.4. The summed E-state index contributed by atoms with van der Waals surface area (Å²) in [7, 11) is 0. The number of rotatable bonds is 13. The summed E-state index contributed by atoms with van der Waals surface area (Å²) < 4.78 is 5.50. The van der Waals surface area contributed by atoms with Gasteiger partial charge in [0.2, 0.25) is 5.91 Å². The molecule has 298 valence electrons. The van der Waals surface area contributed by atoms with E-state index in [0.29, 0.717) is 21.8 Å². The zero-order valence-electron chi connectivity index (χ0n) is 32.7. The van der Waals surface area contributed by atoms with Crippen LogP contribution in [0.3, 0.4) is 0 Å². The first-order valence-corrected chi connectivity index (χ1v) is 21.5. The molecule has 1 aliphatic rings. The van der Waals surface area contributed by atoms with Crippen molar-refractivity contribution >= 4 is 63.6 Å². The van der Waals surface area contributed by atoms with Crippen LogP contribution in [0.2, 0.25) is 0 Å². The fourth-order valence-corrected chi connectivity index (χ4v) is 9.36. The monoisotopic (exact) mass is 819 g/mol. The fraction of sp³-hybridized carbons (Fsp3) is 0.184. The molecule has 10 heteroatoms. The van der Waals surface area contributed by atoms with Crippen LogP contribution in [0.4, 0.5) is 10.7 Å². The van der Waals surface area contributed by atoms with Gasteiger partial charge in [-0.15, -0.1) is 23.1 Å². The third kappa shape index (κ3) is 10.6. The number of amides is 3. The number of thioether (sulfide) groups is 1. The van der Waals surface area contributed by atoms with Gasteiger partial charge in [0.15, 0.2) is 0 Å². The van der Waals surface area contributed by atoms with Gasteiger partial charge in [-0.2, -0.15) is 0 Å². The van der Waals surface area contributed by atoms with E-state index >= 15 is 0 Å². The predicted molar refractivity (Wildman–Crippen MR) is 239 cm³/mol. The third-order valence-electron chi connectivity index (χ3n) is 9.93. The van der Waals surface area contributed by atoms with Crippen molar-refractivity contribution in [3.63, 3.8) is 0 Å². The highest BCUT2D eigenvalue weighted by Gasteiger charge is 2.29. The first-order valence-electron chi connectivity index (χ1n) is 19.9. The lowest BCUT2D eigenvalue weighted by Gasteiger charge is -2.18. The zero-order valence-corrected chi connectivity index (χ0v) is 34.4. The number of anilines is 2. The molecular formula is C49H45N3O5S2. The van der Waals surface area contributed by atoms with E-state index in [0.717, 1.165) is 76.1 Å². The molecule has 0 radical (unpaired) electrons. The third-order valence-corrected chi connectivity index (χ3v) is 12.4. The number of hydrogen-bond donors (Lipinski definition) is 3. The molecule has 3 N–H and O–H groups in total. The van der Waals surface area contributed by atoms with Crippen molar-refractivity contribution in [2.75, 3.05) is 17.2 Å². The van der Waals surface area contributed by atoms with Crippen LogP contribution in [-0.2, 0) is 27.2 Å². The number of ether oxygens (including phenoxy) is 1. The van der Waals surface area contributed by atoms with Crippen LogP contribution in [0.1, 0.15) is 80.1 Å².